The summed E-state index contributed by atoms with van der Waals surface area (Å²) in [5, 5.41) is 0. The predicted octanol–water partition coefficient (Wildman–Crippen LogP) is 3.17. The summed E-state index contributed by atoms with van der Waals surface area (Å²) in [7, 11) is 0. The van der Waals surface area contributed by atoms with Gasteiger partial charge in [0.15, 0.2) is 0 Å². The zero-order valence-electron chi connectivity index (χ0n) is 7.51. The van der Waals surface area contributed by atoms with Crippen LogP contribution in [0.1, 0.15) is 39.5 Å². The Labute approximate surface area is 69.2 Å². The molecule has 1 unspecified atom stereocenters. The molecule has 0 amide bonds. The second-order valence-corrected chi connectivity index (χ2v) is 3.26. The summed E-state index contributed by atoms with van der Waals surface area (Å²) in [6, 6.07) is 0. The molecule has 0 N–H and O–H groups in total. The Morgan fingerprint density at radius 1 is 1.64 bits per heavy atom. The van der Waals surface area contributed by atoms with E-state index in [9.17, 15) is 0 Å². The van der Waals surface area contributed by atoms with Gasteiger partial charge in [-0.3, -0.25) is 4.99 Å². The third-order valence-electron chi connectivity index (χ3n) is 2.25. The van der Waals surface area contributed by atoms with Crippen LogP contribution in [0, 0.1) is 5.92 Å². The number of hydrogen-bond donors (Lipinski definition) is 0. The standard InChI is InChI=1S/C10H17N/c1-3-5-10-8-11-7-4-6-9(10)2/h7-9H,3-6H2,1-2H3. The van der Waals surface area contributed by atoms with Crippen molar-refractivity contribution in [1.29, 1.82) is 0 Å². The summed E-state index contributed by atoms with van der Waals surface area (Å²) in [6.45, 7) is 4.53. The van der Waals surface area contributed by atoms with Crippen molar-refractivity contribution in [3.8, 4) is 0 Å². The van der Waals surface area contributed by atoms with Gasteiger partial charge in [-0.1, -0.05) is 20.3 Å². The average Bonchev–Trinajstić information content (AvgIpc) is 2.18. The SMILES string of the molecule is CCCC1=CN=CCCC1C. The van der Waals surface area contributed by atoms with Gasteiger partial charge in [0.25, 0.3) is 0 Å². The zero-order valence-corrected chi connectivity index (χ0v) is 7.51. The first-order valence-electron chi connectivity index (χ1n) is 4.55. The number of allylic oxidation sites excluding steroid dienone is 1. The van der Waals surface area contributed by atoms with Crippen molar-refractivity contribution in [3.63, 3.8) is 0 Å². The van der Waals surface area contributed by atoms with Crippen molar-refractivity contribution in [2.24, 2.45) is 10.9 Å². The molecule has 1 aliphatic heterocycles. The molecule has 11 heavy (non-hydrogen) atoms. The molecule has 0 radical (unpaired) electrons. The molecule has 0 aromatic rings. The lowest BCUT2D eigenvalue weighted by atomic mass is 9.94. The summed E-state index contributed by atoms with van der Waals surface area (Å²) in [4.78, 5) is 4.23. The Bertz CT molecular complexity index is 168. The molecule has 1 rings (SSSR count). The molecular weight excluding hydrogens is 134 g/mol. The van der Waals surface area contributed by atoms with E-state index >= 15 is 0 Å². The fourth-order valence-corrected chi connectivity index (χ4v) is 1.46. The van der Waals surface area contributed by atoms with Crippen molar-refractivity contribution in [3.05, 3.63) is 11.8 Å². The third-order valence-corrected chi connectivity index (χ3v) is 2.25. The first-order chi connectivity index (χ1) is 5.34. The Morgan fingerprint density at radius 2 is 2.45 bits per heavy atom. The van der Waals surface area contributed by atoms with Gasteiger partial charge in [0.2, 0.25) is 0 Å². The molecule has 0 spiro atoms. The number of hydrogen-bond acceptors (Lipinski definition) is 1. The van der Waals surface area contributed by atoms with Crippen molar-refractivity contribution in [2.45, 2.75) is 39.5 Å². The molecule has 1 atom stereocenters. The maximum atomic E-state index is 4.23. The maximum Gasteiger partial charge on any atom is 0.0258 e. The van der Waals surface area contributed by atoms with Crippen LogP contribution in [0.3, 0.4) is 0 Å². The second-order valence-electron chi connectivity index (χ2n) is 3.26. The smallest absolute Gasteiger partial charge is 0.0258 e. The quantitative estimate of drug-likeness (QED) is 0.575. The summed E-state index contributed by atoms with van der Waals surface area (Å²) < 4.78 is 0. The molecule has 0 aromatic heterocycles. The van der Waals surface area contributed by atoms with Crippen LogP contribution in [0.2, 0.25) is 0 Å². The molecule has 0 fully saturated rings. The second kappa shape index (κ2) is 4.32. The highest BCUT2D eigenvalue weighted by molar-refractivity contribution is 5.58. The van der Waals surface area contributed by atoms with E-state index in [-0.39, 0.29) is 0 Å². The number of rotatable bonds is 2. The van der Waals surface area contributed by atoms with Crippen molar-refractivity contribution in [1.82, 2.24) is 0 Å². The lowest BCUT2D eigenvalue weighted by Gasteiger charge is -2.11. The van der Waals surface area contributed by atoms with E-state index in [1.165, 1.54) is 24.8 Å². The molecule has 0 aromatic carbocycles. The first kappa shape index (κ1) is 8.51. The molecule has 1 heterocycles. The van der Waals surface area contributed by atoms with Gasteiger partial charge in [-0.05, 0) is 30.8 Å². The molecule has 0 saturated carbocycles. The van der Waals surface area contributed by atoms with Crippen LogP contribution in [-0.2, 0) is 0 Å². The van der Waals surface area contributed by atoms with Crippen LogP contribution < -0.4 is 0 Å². The molecule has 0 saturated heterocycles. The summed E-state index contributed by atoms with van der Waals surface area (Å²) in [5.74, 6) is 0.748. The minimum Gasteiger partial charge on any atom is -0.269 e. The monoisotopic (exact) mass is 151 g/mol. The first-order valence-corrected chi connectivity index (χ1v) is 4.55. The van der Waals surface area contributed by atoms with Crippen molar-refractivity contribution in [2.75, 3.05) is 0 Å². The van der Waals surface area contributed by atoms with Crippen LogP contribution in [0.4, 0.5) is 0 Å². The molecule has 0 bridgehead atoms. The number of aliphatic imine (C=N–C) groups is 1. The Hall–Kier alpha value is -0.590. The van der Waals surface area contributed by atoms with Gasteiger partial charge in [0.1, 0.15) is 0 Å². The molecule has 62 valence electrons. The van der Waals surface area contributed by atoms with Gasteiger partial charge in [0, 0.05) is 12.4 Å². The van der Waals surface area contributed by atoms with E-state index in [4.69, 9.17) is 0 Å². The average molecular weight is 151 g/mol. The minimum absolute atomic E-state index is 0.748. The topological polar surface area (TPSA) is 12.4 Å². The summed E-state index contributed by atoms with van der Waals surface area (Å²) >= 11 is 0. The highest BCUT2D eigenvalue weighted by Gasteiger charge is 2.08. The molecular formula is C10H17N. The summed E-state index contributed by atoms with van der Waals surface area (Å²) in [5.41, 5.74) is 1.53. The Balaban J connectivity index is 2.56. The van der Waals surface area contributed by atoms with E-state index in [1.807, 2.05) is 6.21 Å². The predicted molar refractivity (Wildman–Crippen MR) is 49.9 cm³/mol. The zero-order chi connectivity index (χ0) is 8.10. The Kier molecular flexibility index (Phi) is 3.34. The van der Waals surface area contributed by atoms with E-state index in [0.29, 0.717) is 0 Å². The van der Waals surface area contributed by atoms with Gasteiger partial charge in [-0.2, -0.15) is 0 Å². The highest BCUT2D eigenvalue weighted by Crippen LogP contribution is 2.22. The number of nitrogens with zero attached hydrogens (tertiary/aromatic N) is 1. The van der Waals surface area contributed by atoms with Gasteiger partial charge in [-0.15, -0.1) is 0 Å². The van der Waals surface area contributed by atoms with Crippen LogP contribution in [0.15, 0.2) is 16.8 Å². The van der Waals surface area contributed by atoms with Gasteiger partial charge in [-0.25, -0.2) is 0 Å². The molecule has 1 aliphatic rings. The van der Waals surface area contributed by atoms with Gasteiger partial charge in [0.05, 0.1) is 0 Å². The highest BCUT2D eigenvalue weighted by atomic mass is 14.7. The van der Waals surface area contributed by atoms with E-state index in [2.05, 4.69) is 25.0 Å². The van der Waals surface area contributed by atoms with Crippen LogP contribution in [-0.4, -0.2) is 6.21 Å². The van der Waals surface area contributed by atoms with E-state index in [1.54, 1.807) is 0 Å². The molecule has 1 heteroatoms. The fraction of sp³-hybridized carbons (Fsp3) is 0.700. The fourth-order valence-electron chi connectivity index (χ4n) is 1.46. The van der Waals surface area contributed by atoms with E-state index in [0.717, 1.165) is 12.3 Å². The normalized spacial score (nSPS) is 24.5. The maximum absolute atomic E-state index is 4.23. The van der Waals surface area contributed by atoms with Crippen LogP contribution >= 0.6 is 0 Å². The van der Waals surface area contributed by atoms with Crippen LogP contribution in [0.25, 0.3) is 0 Å². The largest absolute Gasteiger partial charge is 0.269 e. The molecule has 0 aliphatic carbocycles. The lowest BCUT2D eigenvalue weighted by Crippen LogP contribution is -1.97. The molecule has 1 nitrogen and oxygen atoms in total. The lowest BCUT2D eigenvalue weighted by molar-refractivity contribution is 0.605. The summed E-state index contributed by atoms with van der Waals surface area (Å²) in [6.07, 6.45) is 8.96. The Morgan fingerprint density at radius 3 is 3.18 bits per heavy atom. The minimum atomic E-state index is 0.748. The van der Waals surface area contributed by atoms with Gasteiger partial charge >= 0.3 is 0 Å². The third kappa shape index (κ3) is 2.49. The van der Waals surface area contributed by atoms with Crippen LogP contribution in [0.5, 0.6) is 0 Å². The van der Waals surface area contributed by atoms with Crippen molar-refractivity contribution >= 4 is 6.21 Å². The van der Waals surface area contributed by atoms with Gasteiger partial charge < -0.3 is 0 Å². The van der Waals surface area contributed by atoms with Crippen molar-refractivity contribution < 1.29 is 0 Å². The van der Waals surface area contributed by atoms with E-state index < -0.39 is 0 Å².